The van der Waals surface area contributed by atoms with E-state index in [1.54, 1.807) is 17.7 Å². The molecule has 35 heavy (non-hydrogen) atoms. The number of carbonyl (C=O) groups excluding carboxylic acids is 1. The van der Waals surface area contributed by atoms with Crippen LogP contribution < -0.4 is 4.72 Å². The van der Waals surface area contributed by atoms with E-state index in [0.29, 0.717) is 29.1 Å². The molecule has 12 heteroatoms. The van der Waals surface area contributed by atoms with Crippen molar-refractivity contribution < 1.29 is 30.8 Å². The Kier molecular flexibility index (Phi) is 6.71. The number of aromatic nitrogens is 2. The first-order valence-electron chi connectivity index (χ1n) is 10.9. The molecule has 0 spiro atoms. The topological polar surface area (TPSA) is 81.1 Å². The number of halogens is 5. The molecule has 1 N–H and O–H groups in total. The van der Waals surface area contributed by atoms with Crippen LogP contribution in [-0.2, 0) is 10.0 Å². The Morgan fingerprint density at radius 3 is 2.43 bits per heavy atom. The van der Waals surface area contributed by atoms with Gasteiger partial charge in [0.05, 0.1) is 22.5 Å². The number of benzene rings is 1. The third-order valence-corrected chi connectivity index (χ3v) is 8.00. The molecule has 0 aliphatic heterocycles. The Balaban J connectivity index is 1.87. The molecule has 1 atom stereocenters. The average Bonchev–Trinajstić information content (AvgIpc) is 3.39. The van der Waals surface area contributed by atoms with Crippen LogP contribution in [0.4, 0.5) is 17.6 Å². The van der Waals surface area contributed by atoms with Crippen molar-refractivity contribution in [2.24, 2.45) is 0 Å². The summed E-state index contributed by atoms with van der Waals surface area (Å²) >= 11 is 5.94. The van der Waals surface area contributed by atoms with Gasteiger partial charge in [-0.15, -0.1) is 0 Å². The van der Waals surface area contributed by atoms with Gasteiger partial charge in [-0.1, -0.05) is 12.8 Å². The molecule has 2 aromatic heterocycles. The summed E-state index contributed by atoms with van der Waals surface area (Å²) in [5.74, 6) is -0.508. The van der Waals surface area contributed by atoms with Gasteiger partial charge in [0, 0.05) is 17.6 Å². The second-order valence-corrected chi connectivity index (χ2v) is 10.7. The average molecular weight is 532 g/mol. The number of alkyl halides is 3. The van der Waals surface area contributed by atoms with Gasteiger partial charge in [-0.3, -0.25) is 9.78 Å². The molecule has 1 aromatic carbocycles. The molecule has 1 aliphatic rings. The van der Waals surface area contributed by atoms with Crippen LogP contribution in [-0.4, -0.2) is 35.4 Å². The summed E-state index contributed by atoms with van der Waals surface area (Å²) in [5, 5.41) is -0.515. The van der Waals surface area contributed by atoms with Gasteiger partial charge in [0.2, 0.25) is 10.0 Å². The van der Waals surface area contributed by atoms with Crippen LogP contribution in [0.25, 0.3) is 22.3 Å². The van der Waals surface area contributed by atoms with Crippen molar-refractivity contribution in [2.45, 2.75) is 62.7 Å². The highest BCUT2D eigenvalue weighted by Crippen LogP contribution is 2.42. The highest BCUT2D eigenvalue weighted by atomic mass is 35.5. The largest absolute Gasteiger partial charge is 0.404 e. The van der Waals surface area contributed by atoms with Crippen molar-refractivity contribution >= 4 is 37.8 Å². The lowest BCUT2D eigenvalue weighted by molar-refractivity contribution is -0.147. The van der Waals surface area contributed by atoms with Crippen molar-refractivity contribution in [1.29, 1.82) is 0 Å². The highest BCUT2D eigenvalue weighted by molar-refractivity contribution is 7.89. The van der Waals surface area contributed by atoms with Crippen LogP contribution in [0.3, 0.4) is 0 Å². The third kappa shape index (κ3) is 4.81. The number of nitrogens with one attached hydrogen (secondary N) is 1. The molecule has 6 nitrogen and oxygen atoms in total. The smallest absolute Gasteiger partial charge is 0.335 e. The molecule has 1 saturated carbocycles. The van der Waals surface area contributed by atoms with Crippen molar-refractivity contribution in [3.63, 3.8) is 0 Å². The summed E-state index contributed by atoms with van der Waals surface area (Å²) in [4.78, 5) is 16.2. The molecule has 0 bridgehead atoms. The molecule has 0 radical (unpaired) electrons. The van der Waals surface area contributed by atoms with Gasteiger partial charge in [-0.05, 0) is 68.1 Å². The minimum Gasteiger partial charge on any atom is -0.335 e. The molecular weight excluding hydrogens is 510 g/mol. The number of hydrogen-bond acceptors (Lipinski definition) is 4. The second-order valence-electron chi connectivity index (χ2n) is 8.69. The summed E-state index contributed by atoms with van der Waals surface area (Å²) in [6, 6.07) is 2.99. The fraction of sp³-hybridized carbons (Fsp3) is 0.391. The number of carbonyl (C=O) groups is 1. The van der Waals surface area contributed by atoms with Gasteiger partial charge in [0.1, 0.15) is 16.8 Å². The number of sulfonamides is 1. The maximum atomic E-state index is 14.5. The van der Waals surface area contributed by atoms with Crippen molar-refractivity contribution in [3.05, 3.63) is 47.4 Å². The van der Waals surface area contributed by atoms with E-state index in [0.717, 1.165) is 37.9 Å². The maximum Gasteiger partial charge on any atom is 0.404 e. The summed E-state index contributed by atoms with van der Waals surface area (Å²) in [5.41, 5.74) is 1.54. The molecule has 188 valence electrons. The molecule has 3 aromatic rings. The van der Waals surface area contributed by atoms with E-state index >= 15 is 0 Å². The number of nitrogens with zero attached hydrogens (tertiary/aromatic N) is 2. The minimum absolute atomic E-state index is 0.0124. The Hall–Kier alpha value is -2.50. The zero-order chi connectivity index (χ0) is 25.7. The lowest BCUT2D eigenvalue weighted by Gasteiger charge is -2.19. The summed E-state index contributed by atoms with van der Waals surface area (Å²) in [6.07, 6.45) is -0.287. The lowest BCUT2D eigenvalue weighted by atomic mass is 10.1. The van der Waals surface area contributed by atoms with Crippen molar-refractivity contribution in [2.75, 3.05) is 0 Å². The van der Waals surface area contributed by atoms with Crippen LogP contribution in [0.2, 0.25) is 0 Å². The summed E-state index contributed by atoms with van der Waals surface area (Å²) in [7, 11) is -4.51. The Morgan fingerprint density at radius 2 is 1.89 bits per heavy atom. The van der Waals surface area contributed by atoms with Crippen LogP contribution in [0, 0.1) is 12.7 Å². The fourth-order valence-electron chi connectivity index (χ4n) is 4.47. The maximum absolute atomic E-state index is 14.5. The fourth-order valence-corrected chi connectivity index (χ4v) is 5.84. The first-order valence-corrected chi connectivity index (χ1v) is 12.8. The van der Waals surface area contributed by atoms with E-state index in [1.807, 2.05) is 4.57 Å². The van der Waals surface area contributed by atoms with E-state index in [2.05, 4.69) is 4.98 Å². The van der Waals surface area contributed by atoms with E-state index in [-0.39, 0.29) is 17.3 Å². The number of pyridine rings is 1. The number of fused-ring (bicyclic) bond motifs is 1. The van der Waals surface area contributed by atoms with Crippen LogP contribution in [0.5, 0.6) is 0 Å². The van der Waals surface area contributed by atoms with Gasteiger partial charge in [0.15, 0.2) is 0 Å². The Morgan fingerprint density at radius 1 is 1.23 bits per heavy atom. The predicted molar refractivity (Wildman–Crippen MR) is 123 cm³/mol. The SMILES string of the molecule is Cc1cc2c(cc1F)c(C(=O)Cl)c(-c1ccc(S(=O)(=O)N[C@@H](C)C(F)(F)F)cn1)n2C1CCCC1. The minimum atomic E-state index is -4.76. The molecule has 0 unspecified atom stereocenters. The standard InChI is InChI=1S/C23H22ClF4N3O3S/c1-12-9-19-16(10-17(12)25)20(22(24)32)21(31(19)14-5-3-4-6-14)18-8-7-15(11-29-18)35(33,34)30-13(2)23(26,27)28/h7-11,13-14,30H,3-6H2,1-2H3/t13-/m0/s1. The monoisotopic (exact) mass is 531 g/mol. The highest BCUT2D eigenvalue weighted by Gasteiger charge is 2.39. The van der Waals surface area contributed by atoms with Crippen LogP contribution in [0.15, 0.2) is 35.4 Å². The normalized spacial score (nSPS) is 16.2. The zero-order valence-corrected chi connectivity index (χ0v) is 20.4. The molecule has 4 rings (SSSR count). The van der Waals surface area contributed by atoms with Gasteiger partial charge >= 0.3 is 6.18 Å². The summed E-state index contributed by atoms with van der Waals surface area (Å²) < 4.78 is 81.3. The van der Waals surface area contributed by atoms with E-state index in [4.69, 9.17) is 11.6 Å². The zero-order valence-electron chi connectivity index (χ0n) is 18.8. The summed E-state index contributed by atoms with van der Waals surface area (Å²) in [6.45, 7) is 2.30. The van der Waals surface area contributed by atoms with Crippen LogP contribution >= 0.6 is 11.6 Å². The first-order chi connectivity index (χ1) is 16.3. The van der Waals surface area contributed by atoms with Gasteiger partial charge in [-0.2, -0.15) is 17.9 Å². The molecule has 0 amide bonds. The number of aryl methyl sites for hydroxylation is 1. The van der Waals surface area contributed by atoms with Crippen molar-refractivity contribution in [3.8, 4) is 11.4 Å². The van der Waals surface area contributed by atoms with Crippen LogP contribution in [0.1, 0.15) is 54.6 Å². The second kappa shape index (κ2) is 9.18. The Bertz CT molecular complexity index is 1400. The molecular formula is C23H22ClF4N3O3S. The third-order valence-electron chi connectivity index (χ3n) is 6.28. The Labute approximate surface area is 204 Å². The first kappa shape index (κ1) is 25.6. The van der Waals surface area contributed by atoms with Gasteiger partial charge in [0.25, 0.3) is 5.24 Å². The molecule has 0 saturated heterocycles. The quantitative estimate of drug-likeness (QED) is 0.318. The lowest BCUT2D eigenvalue weighted by Crippen LogP contribution is -2.42. The molecule has 1 fully saturated rings. The number of hydrogen-bond donors (Lipinski definition) is 1. The molecule has 1 aliphatic carbocycles. The molecule has 2 heterocycles. The van der Waals surface area contributed by atoms with Gasteiger partial charge in [-0.25, -0.2) is 12.8 Å². The van der Waals surface area contributed by atoms with Gasteiger partial charge < -0.3 is 4.57 Å². The predicted octanol–water partition coefficient (Wildman–Crippen LogP) is 5.87. The van der Waals surface area contributed by atoms with Crippen molar-refractivity contribution in [1.82, 2.24) is 14.3 Å². The van der Waals surface area contributed by atoms with E-state index < -0.39 is 38.2 Å². The number of rotatable bonds is 6. The van der Waals surface area contributed by atoms with E-state index in [1.165, 1.54) is 12.1 Å². The van der Waals surface area contributed by atoms with E-state index in [9.17, 15) is 30.8 Å².